The molecule has 8 nitrogen and oxygen atoms in total. The van der Waals surface area contributed by atoms with Gasteiger partial charge in [0.1, 0.15) is 0 Å². The van der Waals surface area contributed by atoms with Crippen molar-refractivity contribution in [3.05, 3.63) is 0 Å². The molecule has 0 saturated carbocycles. The molecule has 0 fully saturated rings. The van der Waals surface area contributed by atoms with E-state index < -0.39 is 15.6 Å². The number of hydrogen-bond donors (Lipinski definition) is 0. The van der Waals surface area contributed by atoms with Gasteiger partial charge in [-0.1, -0.05) is 0 Å². The summed E-state index contributed by atoms with van der Waals surface area (Å²) in [5.74, 6) is 0. The molecular formula is H6O8P2Pb3. The van der Waals surface area contributed by atoms with Crippen molar-refractivity contribution >= 4 is 97.5 Å². The molecule has 0 bridgehead atoms. The third kappa shape index (κ3) is 283. The molecule has 0 aromatic heterocycles. The molecule has 0 rings (SSSR count). The van der Waals surface area contributed by atoms with Gasteiger partial charge in [0.15, 0.2) is 0 Å². The van der Waals surface area contributed by atoms with E-state index in [-0.39, 0.29) is 81.9 Å². The van der Waals surface area contributed by atoms with Crippen molar-refractivity contribution in [3.63, 3.8) is 0 Å². The minimum absolute atomic E-state index is 0. The zero-order valence-corrected chi connectivity index (χ0v) is 24.6. The summed E-state index contributed by atoms with van der Waals surface area (Å²) in [7, 11) is -10.8. The van der Waals surface area contributed by atoms with Crippen LogP contribution in [0.25, 0.3) is 0 Å². The number of hydrogen-bond acceptors (Lipinski definition) is 8. The molecule has 0 aliphatic heterocycles. The molecule has 0 spiro atoms. The summed E-state index contributed by atoms with van der Waals surface area (Å²) in [6.07, 6.45) is 0. The van der Waals surface area contributed by atoms with E-state index in [1.165, 1.54) is 0 Å². The van der Waals surface area contributed by atoms with Crippen LogP contribution in [0.3, 0.4) is 0 Å². The Morgan fingerprint density at radius 2 is 0.538 bits per heavy atom. The molecule has 13 heteroatoms. The Kier molecular flexibility index (Phi) is 29.9. The fourth-order valence-electron chi connectivity index (χ4n) is 0. The van der Waals surface area contributed by atoms with Gasteiger partial charge in [-0.2, -0.15) is 15.6 Å². The van der Waals surface area contributed by atoms with E-state index >= 15 is 0 Å². The van der Waals surface area contributed by atoms with E-state index in [0.29, 0.717) is 0 Å². The molecule has 0 aliphatic carbocycles. The van der Waals surface area contributed by atoms with Crippen LogP contribution in [0, 0.1) is 0 Å². The summed E-state index contributed by atoms with van der Waals surface area (Å²) in [5, 5.41) is 0. The van der Waals surface area contributed by atoms with Gasteiger partial charge in [-0.15, -0.1) is 0 Å². The van der Waals surface area contributed by atoms with Gasteiger partial charge in [-0.05, 0) is 0 Å². The molecule has 0 unspecified atom stereocenters. The summed E-state index contributed by atoms with van der Waals surface area (Å²) >= 11 is 0. The molecule has 13 heavy (non-hydrogen) atoms. The Bertz CT molecular complexity index is 130. The van der Waals surface area contributed by atoms with Crippen LogP contribution in [0.1, 0.15) is 0 Å². The Morgan fingerprint density at radius 1 is 0.538 bits per heavy atom. The molecule has 0 atom stereocenters. The van der Waals surface area contributed by atoms with Crippen molar-refractivity contribution < 1.29 is 38.5 Å². The van der Waals surface area contributed by atoms with Crippen molar-refractivity contribution in [1.29, 1.82) is 0 Å². The molecule has 0 amide bonds. The van der Waals surface area contributed by atoms with Gasteiger partial charge >= 0.3 is 81.9 Å². The fourth-order valence-corrected chi connectivity index (χ4v) is 0. The van der Waals surface area contributed by atoms with Gasteiger partial charge in [-0.3, -0.25) is 0 Å². The molecule has 76 valence electrons. The first-order chi connectivity index (χ1) is 4.00. The van der Waals surface area contributed by atoms with Gasteiger partial charge < -0.3 is 38.5 Å². The zero-order chi connectivity index (χ0) is 9.00. The van der Waals surface area contributed by atoms with Crippen LogP contribution in [-0.2, 0) is 9.13 Å². The van der Waals surface area contributed by atoms with Crippen LogP contribution in [-0.4, -0.2) is 81.9 Å². The maximum absolute atomic E-state index is 8.55. The zero-order valence-electron chi connectivity index (χ0n) is 6.28. The molecule has 0 aromatic carbocycles. The monoisotopic (exact) mass is 820 g/mol. The molecule has 0 N–H and O–H groups in total. The average Bonchev–Trinajstić information content (AvgIpc) is 1.12. The first-order valence-electron chi connectivity index (χ1n) is 1.46. The number of phosphoric acid groups is 2. The van der Waals surface area contributed by atoms with Gasteiger partial charge in [-0.25, -0.2) is 0 Å². The van der Waals surface area contributed by atoms with Crippen molar-refractivity contribution in [1.82, 2.24) is 0 Å². The van der Waals surface area contributed by atoms with Crippen LogP contribution in [0.15, 0.2) is 0 Å². The SMILES string of the molecule is O=P([O-])([O-])[O-].O=P([O-])([O-])[O-].[PbH2+2].[PbH2+2].[PbH2+2]. The predicted molar refractivity (Wildman–Crippen MR) is 40.8 cm³/mol. The molecule has 0 aromatic rings. The summed E-state index contributed by atoms with van der Waals surface area (Å²) in [6, 6.07) is 0. The molecule has 0 saturated heterocycles. The standard InChI is InChI=1S/2H3O4P.3Pb.6H/c2*1-5(2,3)4;;;;;;;;;/h2*(H3,1,2,3,4);;;;;;;;;/q;;3*+2;;;;;;/p-6. The van der Waals surface area contributed by atoms with E-state index in [1.54, 1.807) is 0 Å². The minimum atomic E-state index is -5.39. The first kappa shape index (κ1) is 29.7. The second-order valence-corrected chi connectivity index (χ2v) is 2.68. The summed E-state index contributed by atoms with van der Waals surface area (Å²) < 4.78 is 17.1. The van der Waals surface area contributed by atoms with E-state index in [4.69, 9.17) is 38.5 Å². The first-order valence-corrected chi connectivity index (χ1v) is 4.38. The topological polar surface area (TPSA) is 172 Å². The van der Waals surface area contributed by atoms with E-state index in [0.717, 1.165) is 0 Å². The predicted octanol–water partition coefficient (Wildman–Crippen LogP) is -8.40. The van der Waals surface area contributed by atoms with Gasteiger partial charge in [0.25, 0.3) is 0 Å². The van der Waals surface area contributed by atoms with Crippen LogP contribution in [0.4, 0.5) is 0 Å². The third-order valence-electron chi connectivity index (χ3n) is 0. The van der Waals surface area contributed by atoms with Crippen LogP contribution >= 0.6 is 15.6 Å². The molecule has 0 aliphatic rings. The van der Waals surface area contributed by atoms with Crippen molar-refractivity contribution in [3.8, 4) is 0 Å². The summed E-state index contributed by atoms with van der Waals surface area (Å²) in [6.45, 7) is 0. The summed E-state index contributed by atoms with van der Waals surface area (Å²) in [4.78, 5) is 51.3. The maximum atomic E-state index is 8.55. The average molecular weight is 818 g/mol. The van der Waals surface area contributed by atoms with Crippen LogP contribution < -0.4 is 29.4 Å². The van der Waals surface area contributed by atoms with Gasteiger partial charge in [0, 0.05) is 0 Å². The molecular weight excluding hydrogens is 812 g/mol. The Balaban J connectivity index is -0.0000000267. The van der Waals surface area contributed by atoms with Crippen molar-refractivity contribution in [2.24, 2.45) is 0 Å². The Labute approximate surface area is 134 Å². The quantitative estimate of drug-likeness (QED) is 0.172. The second kappa shape index (κ2) is 13.1. The molecule has 0 heterocycles. The van der Waals surface area contributed by atoms with Crippen molar-refractivity contribution in [2.45, 2.75) is 0 Å². The van der Waals surface area contributed by atoms with Crippen molar-refractivity contribution in [2.75, 3.05) is 0 Å². The normalized spacial score (nSPS) is 9.08. The van der Waals surface area contributed by atoms with E-state index in [9.17, 15) is 0 Å². The van der Waals surface area contributed by atoms with Gasteiger partial charge in [0.05, 0.1) is 0 Å². The van der Waals surface area contributed by atoms with Crippen LogP contribution in [0.5, 0.6) is 0 Å². The van der Waals surface area contributed by atoms with Gasteiger partial charge in [0.2, 0.25) is 0 Å². The third-order valence-corrected chi connectivity index (χ3v) is 0. The Hall–Kier alpha value is 2.99. The number of rotatable bonds is 0. The van der Waals surface area contributed by atoms with E-state index in [2.05, 4.69) is 0 Å². The Morgan fingerprint density at radius 3 is 0.538 bits per heavy atom. The van der Waals surface area contributed by atoms with E-state index in [1.807, 2.05) is 0 Å². The molecule has 0 radical (unpaired) electrons. The fraction of sp³-hybridized carbons (Fsp3) is 0. The van der Waals surface area contributed by atoms with Crippen LogP contribution in [0.2, 0.25) is 0 Å². The summed E-state index contributed by atoms with van der Waals surface area (Å²) in [5.41, 5.74) is 0. The second-order valence-electron chi connectivity index (χ2n) is 0.894.